The van der Waals surface area contributed by atoms with Crippen LogP contribution in [0.2, 0.25) is 0 Å². The zero-order chi connectivity index (χ0) is 12.3. The topological polar surface area (TPSA) is 21.6 Å². The normalized spacial score (nSPS) is 11.0. The second kappa shape index (κ2) is 4.38. The highest BCUT2D eigenvalue weighted by Crippen LogP contribution is 2.34. The molecule has 2 nitrogen and oxygen atoms in total. The smallest absolute Gasteiger partial charge is 0.416 e. The van der Waals surface area contributed by atoms with Gasteiger partial charge in [-0.1, -0.05) is 6.58 Å². The molecule has 0 aliphatic heterocycles. The fourth-order valence-electron chi connectivity index (χ4n) is 1.18. The summed E-state index contributed by atoms with van der Waals surface area (Å²) in [6, 6.07) is 3.12. The molecule has 1 aromatic rings. The molecule has 0 unspecified atom stereocenters. The van der Waals surface area contributed by atoms with Gasteiger partial charge in [0.1, 0.15) is 5.76 Å². The fourth-order valence-corrected chi connectivity index (χ4v) is 1.18. The third-order valence-electron chi connectivity index (χ3n) is 2.04. The van der Waals surface area contributed by atoms with Crippen molar-refractivity contribution >= 4 is 18.2 Å². The van der Waals surface area contributed by atoms with E-state index in [0.29, 0.717) is 5.56 Å². The zero-order valence-electron chi connectivity index (χ0n) is 8.64. The number of hydrogen-bond acceptors (Lipinski definition) is 2. The highest BCUT2D eigenvalue weighted by Gasteiger charge is 2.31. The van der Waals surface area contributed by atoms with Crippen molar-refractivity contribution < 1.29 is 17.9 Å². The summed E-state index contributed by atoms with van der Waals surface area (Å²) in [5, 5.41) is 0. The van der Waals surface area contributed by atoms with Gasteiger partial charge in [0.05, 0.1) is 18.4 Å². The van der Waals surface area contributed by atoms with Crippen molar-refractivity contribution in [3.8, 4) is 0 Å². The summed E-state index contributed by atoms with van der Waals surface area (Å²) < 4.78 is 42.1. The maximum Gasteiger partial charge on any atom is 0.416 e. The first-order valence-corrected chi connectivity index (χ1v) is 4.31. The van der Waals surface area contributed by atoms with E-state index < -0.39 is 11.7 Å². The average molecular weight is 229 g/mol. The lowest BCUT2D eigenvalue weighted by molar-refractivity contribution is -0.137. The summed E-state index contributed by atoms with van der Waals surface area (Å²) in [6.07, 6.45) is -4.40. The standard InChI is InChI=1S/C11H10F3NO/c1-7(16-3)9-5-4-8(11(12,13)14)6-10(9)15-2/h4-6H,1-2H2,3H3. The van der Waals surface area contributed by atoms with E-state index in [0.717, 1.165) is 12.1 Å². The molecular weight excluding hydrogens is 219 g/mol. The minimum atomic E-state index is -4.40. The number of alkyl halides is 3. The van der Waals surface area contributed by atoms with Crippen LogP contribution in [0.25, 0.3) is 5.76 Å². The first kappa shape index (κ1) is 12.3. The minimum Gasteiger partial charge on any atom is -0.497 e. The third kappa shape index (κ3) is 2.42. The number of ether oxygens (including phenoxy) is 1. The number of benzene rings is 1. The largest absolute Gasteiger partial charge is 0.497 e. The maximum atomic E-state index is 12.4. The molecule has 16 heavy (non-hydrogen) atoms. The Morgan fingerprint density at radius 2 is 2.00 bits per heavy atom. The SMILES string of the molecule is C=Nc1cc(C(F)(F)F)ccc1C(=C)OC. The van der Waals surface area contributed by atoms with Crippen molar-refractivity contribution in [3.05, 3.63) is 35.9 Å². The number of aliphatic imine (C=N–C) groups is 1. The first-order chi connectivity index (χ1) is 7.40. The van der Waals surface area contributed by atoms with E-state index in [2.05, 4.69) is 18.3 Å². The van der Waals surface area contributed by atoms with Crippen LogP contribution >= 0.6 is 0 Å². The zero-order valence-corrected chi connectivity index (χ0v) is 8.64. The van der Waals surface area contributed by atoms with Gasteiger partial charge in [-0.15, -0.1) is 0 Å². The van der Waals surface area contributed by atoms with Crippen LogP contribution in [-0.2, 0) is 10.9 Å². The van der Waals surface area contributed by atoms with Crippen molar-refractivity contribution in [1.29, 1.82) is 0 Å². The summed E-state index contributed by atoms with van der Waals surface area (Å²) in [6.45, 7) is 6.77. The van der Waals surface area contributed by atoms with Gasteiger partial charge in [-0.05, 0) is 24.9 Å². The van der Waals surface area contributed by atoms with Gasteiger partial charge in [-0.3, -0.25) is 4.99 Å². The second-order valence-electron chi connectivity index (χ2n) is 3.02. The van der Waals surface area contributed by atoms with Crippen LogP contribution in [-0.4, -0.2) is 13.8 Å². The second-order valence-corrected chi connectivity index (χ2v) is 3.02. The Morgan fingerprint density at radius 1 is 1.38 bits per heavy atom. The fraction of sp³-hybridized carbons (Fsp3) is 0.182. The Kier molecular flexibility index (Phi) is 3.37. The Bertz CT molecular complexity index is 424. The molecule has 0 aliphatic rings. The lowest BCUT2D eigenvalue weighted by Crippen LogP contribution is -2.04. The van der Waals surface area contributed by atoms with Gasteiger partial charge in [0.2, 0.25) is 0 Å². The van der Waals surface area contributed by atoms with Crippen molar-refractivity contribution in [2.75, 3.05) is 7.11 Å². The van der Waals surface area contributed by atoms with E-state index in [1.807, 2.05) is 0 Å². The molecule has 0 amide bonds. The Hall–Kier alpha value is -1.78. The molecule has 0 radical (unpaired) electrons. The lowest BCUT2D eigenvalue weighted by atomic mass is 10.1. The van der Waals surface area contributed by atoms with E-state index in [1.165, 1.54) is 13.2 Å². The first-order valence-electron chi connectivity index (χ1n) is 4.31. The molecule has 0 bridgehead atoms. The number of hydrogen-bond donors (Lipinski definition) is 0. The van der Waals surface area contributed by atoms with Gasteiger partial charge in [0, 0.05) is 5.56 Å². The van der Waals surface area contributed by atoms with Crippen LogP contribution in [0.15, 0.2) is 29.8 Å². The van der Waals surface area contributed by atoms with Crippen LogP contribution in [0.1, 0.15) is 11.1 Å². The van der Waals surface area contributed by atoms with Crippen LogP contribution < -0.4 is 0 Å². The molecule has 86 valence electrons. The average Bonchev–Trinajstić information content (AvgIpc) is 2.26. The molecule has 0 atom stereocenters. The molecule has 1 rings (SSSR count). The highest BCUT2D eigenvalue weighted by atomic mass is 19.4. The number of rotatable bonds is 3. The summed E-state index contributed by atoms with van der Waals surface area (Å²) in [5.41, 5.74) is -0.283. The van der Waals surface area contributed by atoms with Gasteiger partial charge in [0.25, 0.3) is 0 Å². The summed E-state index contributed by atoms with van der Waals surface area (Å²) >= 11 is 0. The van der Waals surface area contributed by atoms with Gasteiger partial charge >= 0.3 is 6.18 Å². The summed E-state index contributed by atoms with van der Waals surface area (Å²) in [7, 11) is 1.38. The number of halogens is 3. The molecule has 0 aromatic heterocycles. The third-order valence-corrected chi connectivity index (χ3v) is 2.04. The molecule has 0 heterocycles. The van der Waals surface area contributed by atoms with Gasteiger partial charge in [-0.25, -0.2) is 0 Å². The molecule has 1 aromatic carbocycles. The van der Waals surface area contributed by atoms with Gasteiger partial charge < -0.3 is 4.74 Å². The molecule has 0 aliphatic carbocycles. The van der Waals surface area contributed by atoms with Gasteiger partial charge in [-0.2, -0.15) is 13.2 Å². The molecular formula is C11H10F3NO. The van der Waals surface area contributed by atoms with Crippen LogP contribution in [0.4, 0.5) is 18.9 Å². The molecule has 0 fully saturated rings. The van der Waals surface area contributed by atoms with Gasteiger partial charge in [0.15, 0.2) is 0 Å². The van der Waals surface area contributed by atoms with E-state index in [4.69, 9.17) is 4.74 Å². The van der Waals surface area contributed by atoms with E-state index >= 15 is 0 Å². The maximum absolute atomic E-state index is 12.4. The number of nitrogens with zero attached hydrogens (tertiary/aromatic N) is 1. The predicted octanol–water partition coefficient (Wildman–Crippen LogP) is 3.65. The Balaban J connectivity index is 3.27. The molecule has 5 heteroatoms. The van der Waals surface area contributed by atoms with Crippen LogP contribution in [0.3, 0.4) is 0 Å². The van der Waals surface area contributed by atoms with Crippen LogP contribution in [0.5, 0.6) is 0 Å². The predicted molar refractivity (Wildman–Crippen MR) is 56.7 cm³/mol. The lowest BCUT2D eigenvalue weighted by Gasteiger charge is -2.11. The molecule has 0 saturated heterocycles. The van der Waals surface area contributed by atoms with Crippen molar-refractivity contribution in [3.63, 3.8) is 0 Å². The van der Waals surface area contributed by atoms with E-state index in [-0.39, 0.29) is 11.4 Å². The number of methoxy groups -OCH3 is 1. The Morgan fingerprint density at radius 3 is 2.44 bits per heavy atom. The van der Waals surface area contributed by atoms with Crippen molar-refractivity contribution in [1.82, 2.24) is 0 Å². The monoisotopic (exact) mass is 229 g/mol. The minimum absolute atomic E-state index is 0.0988. The summed E-state index contributed by atoms with van der Waals surface area (Å²) in [5.74, 6) is 0.246. The molecule has 0 spiro atoms. The highest BCUT2D eigenvalue weighted by molar-refractivity contribution is 5.71. The Labute approximate surface area is 91.1 Å². The molecule has 0 N–H and O–H groups in total. The van der Waals surface area contributed by atoms with Crippen molar-refractivity contribution in [2.24, 2.45) is 4.99 Å². The van der Waals surface area contributed by atoms with E-state index in [9.17, 15) is 13.2 Å². The quantitative estimate of drug-likeness (QED) is 0.572. The van der Waals surface area contributed by atoms with Crippen molar-refractivity contribution in [2.45, 2.75) is 6.18 Å². The summed E-state index contributed by atoms with van der Waals surface area (Å²) in [4.78, 5) is 3.52. The van der Waals surface area contributed by atoms with Crippen LogP contribution in [0, 0.1) is 0 Å². The molecule has 0 saturated carbocycles. The van der Waals surface area contributed by atoms with E-state index in [1.54, 1.807) is 0 Å².